The Morgan fingerprint density at radius 3 is 2.44 bits per heavy atom. The lowest BCUT2D eigenvalue weighted by molar-refractivity contribution is -0.669. The fourth-order valence-electron chi connectivity index (χ4n) is 3.54. The normalized spacial score (nSPS) is 11.2. The van der Waals surface area contributed by atoms with Crippen LogP contribution in [0.5, 0.6) is 5.75 Å². The Bertz CT molecular complexity index is 1000. The number of quaternary nitrogens is 1. The van der Waals surface area contributed by atoms with E-state index in [2.05, 4.69) is 77.2 Å². The second kappa shape index (κ2) is 6.99. The van der Waals surface area contributed by atoms with Crippen LogP contribution in [0.2, 0.25) is 0 Å². The van der Waals surface area contributed by atoms with Crippen molar-refractivity contribution in [1.29, 1.82) is 0 Å². The molecule has 3 nitrogen and oxygen atoms in total. The third-order valence-corrected chi connectivity index (χ3v) is 4.85. The summed E-state index contributed by atoms with van der Waals surface area (Å²) in [6.45, 7) is 2.05. The summed E-state index contributed by atoms with van der Waals surface area (Å²) in [7, 11) is 1.73. The summed E-state index contributed by atoms with van der Waals surface area (Å²) in [6, 6.07) is 21.2. The van der Waals surface area contributed by atoms with E-state index in [1.807, 2.05) is 0 Å². The number of hydrogen-bond donors (Lipinski definition) is 2. The highest BCUT2D eigenvalue weighted by Gasteiger charge is 2.08. The van der Waals surface area contributed by atoms with Crippen LogP contribution in [0.1, 0.15) is 11.1 Å². The molecule has 0 aliphatic heterocycles. The summed E-state index contributed by atoms with van der Waals surface area (Å²) in [5.74, 6) is 0.943. The van der Waals surface area contributed by atoms with E-state index in [0.29, 0.717) is 0 Å². The Kier molecular flexibility index (Phi) is 4.40. The van der Waals surface area contributed by atoms with Crippen molar-refractivity contribution in [3.05, 3.63) is 78.0 Å². The lowest BCUT2D eigenvalue weighted by Gasteiger charge is -2.10. The molecular weight excluding hydrogens is 308 g/mol. The molecule has 0 atom stereocenters. The van der Waals surface area contributed by atoms with Gasteiger partial charge in [0.15, 0.2) is 0 Å². The third kappa shape index (κ3) is 3.11. The molecule has 0 bridgehead atoms. The van der Waals surface area contributed by atoms with Crippen LogP contribution in [0.4, 0.5) is 0 Å². The molecule has 0 saturated heterocycles. The zero-order valence-corrected chi connectivity index (χ0v) is 14.5. The largest absolute Gasteiger partial charge is 0.496 e. The molecule has 3 aromatic carbocycles. The molecule has 1 aromatic heterocycles. The first-order chi connectivity index (χ1) is 12.4. The number of para-hydroxylation sites is 1. The Hall–Kier alpha value is -2.78. The minimum atomic E-state index is 0.943. The molecule has 3 N–H and O–H groups in total. The van der Waals surface area contributed by atoms with Gasteiger partial charge in [0.1, 0.15) is 12.3 Å². The summed E-state index contributed by atoms with van der Waals surface area (Å²) in [5, 5.41) is 6.19. The summed E-state index contributed by atoms with van der Waals surface area (Å²) < 4.78 is 5.48. The Morgan fingerprint density at radius 1 is 0.840 bits per heavy atom. The number of hydrogen-bond acceptors (Lipinski definition) is 1. The third-order valence-electron chi connectivity index (χ3n) is 4.85. The molecule has 4 rings (SSSR count). The molecule has 126 valence electrons. The number of nitrogens with one attached hydrogen (secondary N) is 1. The van der Waals surface area contributed by atoms with Crippen LogP contribution >= 0.6 is 0 Å². The minimum absolute atomic E-state index is 0.943. The Balaban J connectivity index is 1.45. The van der Waals surface area contributed by atoms with Crippen molar-refractivity contribution in [2.24, 2.45) is 0 Å². The molecule has 0 aliphatic rings. The maximum atomic E-state index is 5.48. The van der Waals surface area contributed by atoms with Crippen LogP contribution in [0.25, 0.3) is 21.7 Å². The van der Waals surface area contributed by atoms with Gasteiger partial charge in [0, 0.05) is 34.5 Å². The summed E-state index contributed by atoms with van der Waals surface area (Å²) in [4.78, 5) is 3.36. The molecule has 1 heterocycles. The van der Waals surface area contributed by atoms with Gasteiger partial charge in [-0.05, 0) is 29.1 Å². The quantitative estimate of drug-likeness (QED) is 0.521. The highest BCUT2D eigenvalue weighted by molar-refractivity contribution is 5.91. The van der Waals surface area contributed by atoms with Crippen LogP contribution in [-0.4, -0.2) is 18.6 Å². The molecule has 0 saturated carbocycles. The van der Waals surface area contributed by atoms with Gasteiger partial charge >= 0.3 is 0 Å². The molecule has 0 spiro atoms. The molecule has 4 aromatic rings. The smallest absolute Gasteiger partial charge is 0.126 e. The molecular formula is C22H23N2O+. The zero-order chi connectivity index (χ0) is 17.1. The highest BCUT2D eigenvalue weighted by Crippen LogP contribution is 2.27. The first-order valence-corrected chi connectivity index (χ1v) is 8.78. The topological polar surface area (TPSA) is 41.6 Å². The van der Waals surface area contributed by atoms with Gasteiger partial charge in [0.05, 0.1) is 13.7 Å². The van der Waals surface area contributed by atoms with Gasteiger partial charge in [0.2, 0.25) is 0 Å². The number of fused-ring (bicyclic) bond motifs is 2. The molecule has 0 fully saturated rings. The van der Waals surface area contributed by atoms with Gasteiger partial charge < -0.3 is 15.0 Å². The SMILES string of the molecule is COc1ccc(C[NH2+]CCc2c[nH]c3ccccc23)c2ccccc12. The van der Waals surface area contributed by atoms with Crippen molar-refractivity contribution in [3.8, 4) is 5.75 Å². The van der Waals surface area contributed by atoms with E-state index in [1.54, 1.807) is 7.11 Å². The standard InChI is InChI=1S/C22H22N2O/c1-25-22-11-10-16(18-6-2-3-8-20(18)22)14-23-13-12-17-15-24-21-9-5-4-7-19(17)21/h2-11,15,23-24H,12-14H2,1H3/p+1. The number of H-pyrrole nitrogens is 1. The fraction of sp³-hybridized carbons (Fsp3) is 0.182. The maximum absolute atomic E-state index is 5.48. The minimum Gasteiger partial charge on any atom is -0.496 e. The number of nitrogens with two attached hydrogens (primary N) is 1. The lowest BCUT2D eigenvalue weighted by atomic mass is 10.0. The van der Waals surface area contributed by atoms with Crippen molar-refractivity contribution in [1.82, 2.24) is 4.98 Å². The van der Waals surface area contributed by atoms with E-state index in [4.69, 9.17) is 4.74 Å². The van der Waals surface area contributed by atoms with Crippen LogP contribution in [0.3, 0.4) is 0 Å². The molecule has 25 heavy (non-hydrogen) atoms. The number of aromatic amines is 1. The number of rotatable bonds is 6. The molecule has 0 unspecified atom stereocenters. The van der Waals surface area contributed by atoms with Crippen molar-refractivity contribution in [3.63, 3.8) is 0 Å². The predicted molar refractivity (Wildman–Crippen MR) is 103 cm³/mol. The number of benzene rings is 3. The number of methoxy groups -OCH3 is 1. The second-order valence-electron chi connectivity index (χ2n) is 6.36. The first-order valence-electron chi connectivity index (χ1n) is 8.78. The molecule has 0 radical (unpaired) electrons. The van der Waals surface area contributed by atoms with E-state index >= 15 is 0 Å². The average molecular weight is 331 g/mol. The maximum Gasteiger partial charge on any atom is 0.126 e. The van der Waals surface area contributed by atoms with Crippen molar-refractivity contribution >= 4 is 21.7 Å². The fourth-order valence-corrected chi connectivity index (χ4v) is 3.54. The average Bonchev–Trinajstić information content (AvgIpc) is 3.08. The van der Waals surface area contributed by atoms with Gasteiger partial charge in [-0.25, -0.2) is 0 Å². The Morgan fingerprint density at radius 2 is 1.60 bits per heavy atom. The van der Waals surface area contributed by atoms with E-state index < -0.39 is 0 Å². The van der Waals surface area contributed by atoms with E-state index in [0.717, 1.165) is 25.3 Å². The summed E-state index contributed by atoms with van der Waals surface area (Å²) >= 11 is 0. The van der Waals surface area contributed by atoms with E-state index in [9.17, 15) is 0 Å². The van der Waals surface area contributed by atoms with Gasteiger partial charge in [-0.15, -0.1) is 0 Å². The second-order valence-corrected chi connectivity index (χ2v) is 6.36. The summed E-state index contributed by atoms with van der Waals surface area (Å²) in [5.41, 5.74) is 3.97. The van der Waals surface area contributed by atoms with Gasteiger partial charge in [0.25, 0.3) is 0 Å². The van der Waals surface area contributed by atoms with Gasteiger partial charge in [-0.3, -0.25) is 0 Å². The monoisotopic (exact) mass is 331 g/mol. The zero-order valence-electron chi connectivity index (χ0n) is 14.5. The van der Waals surface area contributed by atoms with Crippen LogP contribution in [0, 0.1) is 0 Å². The van der Waals surface area contributed by atoms with Crippen molar-refractivity contribution in [2.75, 3.05) is 13.7 Å². The first kappa shape index (κ1) is 15.7. The van der Waals surface area contributed by atoms with Gasteiger partial charge in [-0.2, -0.15) is 0 Å². The summed E-state index contributed by atoms with van der Waals surface area (Å²) in [6.07, 6.45) is 3.21. The van der Waals surface area contributed by atoms with Crippen molar-refractivity contribution in [2.45, 2.75) is 13.0 Å². The lowest BCUT2D eigenvalue weighted by Crippen LogP contribution is -2.83. The molecule has 0 amide bonds. The van der Waals surface area contributed by atoms with Crippen LogP contribution in [-0.2, 0) is 13.0 Å². The predicted octanol–water partition coefficient (Wildman–Crippen LogP) is 3.64. The molecule has 3 heteroatoms. The van der Waals surface area contributed by atoms with E-state index in [-0.39, 0.29) is 0 Å². The van der Waals surface area contributed by atoms with Crippen molar-refractivity contribution < 1.29 is 10.1 Å². The number of aromatic nitrogens is 1. The van der Waals surface area contributed by atoms with Crippen LogP contribution < -0.4 is 10.1 Å². The van der Waals surface area contributed by atoms with Crippen LogP contribution in [0.15, 0.2) is 66.9 Å². The highest BCUT2D eigenvalue weighted by atomic mass is 16.5. The van der Waals surface area contributed by atoms with E-state index in [1.165, 1.54) is 32.8 Å². The van der Waals surface area contributed by atoms with Gasteiger partial charge in [-0.1, -0.05) is 42.5 Å². The number of ether oxygens (including phenoxy) is 1. The Labute approximate surface area is 147 Å². The molecule has 0 aliphatic carbocycles.